The van der Waals surface area contributed by atoms with E-state index >= 15 is 0 Å². The Hall–Kier alpha value is -3.80. The van der Waals surface area contributed by atoms with Gasteiger partial charge in [-0.05, 0) is 29.3 Å². The number of carbonyl (C=O) groups is 1. The van der Waals surface area contributed by atoms with Crippen molar-refractivity contribution in [3.8, 4) is 6.07 Å². The van der Waals surface area contributed by atoms with E-state index in [0.29, 0.717) is 26.2 Å². The second kappa shape index (κ2) is 11.5. The average molecular weight is 525 g/mol. The van der Waals surface area contributed by atoms with Gasteiger partial charge in [0, 0.05) is 38.1 Å². The van der Waals surface area contributed by atoms with E-state index in [2.05, 4.69) is 34.5 Å². The number of nitrogens with one attached hydrogen (secondary N) is 1. The fourth-order valence-corrected chi connectivity index (χ4v) is 4.57. The van der Waals surface area contributed by atoms with Crippen LogP contribution in [-0.2, 0) is 11.0 Å². The minimum Gasteiger partial charge on any atom is -0.374 e. The Balaban J connectivity index is 1.45. The molecule has 190 valence electrons. The third-order valence-electron chi connectivity index (χ3n) is 6.15. The Labute approximate surface area is 218 Å². The first-order valence-corrected chi connectivity index (χ1v) is 12.0. The first kappa shape index (κ1) is 26.3. The number of amides is 1. The van der Waals surface area contributed by atoms with Crippen LogP contribution in [0, 0.1) is 11.3 Å². The second-order valence-corrected chi connectivity index (χ2v) is 9.00. The van der Waals surface area contributed by atoms with Gasteiger partial charge in [-0.25, -0.2) is 0 Å². The summed E-state index contributed by atoms with van der Waals surface area (Å²) >= 11 is 5.64. The molecule has 1 aliphatic rings. The maximum atomic E-state index is 13.1. The van der Waals surface area contributed by atoms with Crippen LogP contribution in [0.1, 0.15) is 22.7 Å². The van der Waals surface area contributed by atoms with Crippen molar-refractivity contribution in [1.82, 2.24) is 9.80 Å². The molecular formula is C28H24ClF3N4O. The molecule has 3 aromatic carbocycles. The molecule has 1 amide bonds. The predicted octanol–water partition coefficient (Wildman–Crippen LogP) is 6.11. The largest absolute Gasteiger partial charge is 0.417 e. The summed E-state index contributed by atoms with van der Waals surface area (Å²) in [4.78, 5) is 16.9. The number of hydrogen-bond donors (Lipinski definition) is 1. The predicted molar refractivity (Wildman–Crippen MR) is 137 cm³/mol. The second-order valence-electron chi connectivity index (χ2n) is 8.60. The van der Waals surface area contributed by atoms with Crippen molar-refractivity contribution < 1.29 is 18.0 Å². The van der Waals surface area contributed by atoms with Gasteiger partial charge in [0.25, 0.3) is 5.91 Å². The van der Waals surface area contributed by atoms with Gasteiger partial charge >= 0.3 is 6.18 Å². The van der Waals surface area contributed by atoms with Gasteiger partial charge in [-0.1, -0.05) is 72.3 Å². The van der Waals surface area contributed by atoms with Crippen molar-refractivity contribution in [2.24, 2.45) is 0 Å². The number of nitriles is 1. The molecule has 1 aliphatic heterocycles. The third-order valence-corrected chi connectivity index (χ3v) is 6.48. The fourth-order valence-electron chi connectivity index (χ4n) is 4.35. The number of halogens is 4. The number of hydrogen-bond acceptors (Lipinski definition) is 4. The highest BCUT2D eigenvalue weighted by molar-refractivity contribution is 6.31. The van der Waals surface area contributed by atoms with Crippen molar-refractivity contribution in [2.45, 2.75) is 12.2 Å². The molecule has 0 bridgehead atoms. The summed E-state index contributed by atoms with van der Waals surface area (Å²) in [6.07, 6.45) is -3.20. The molecule has 37 heavy (non-hydrogen) atoms. The number of alkyl halides is 3. The van der Waals surface area contributed by atoms with E-state index in [-0.39, 0.29) is 17.3 Å². The summed E-state index contributed by atoms with van der Waals surface area (Å²) in [5, 5.41) is 11.5. The molecule has 1 saturated heterocycles. The Morgan fingerprint density at radius 1 is 0.946 bits per heavy atom. The first-order valence-electron chi connectivity index (χ1n) is 11.6. The maximum Gasteiger partial charge on any atom is 0.417 e. The van der Waals surface area contributed by atoms with E-state index in [1.165, 1.54) is 23.4 Å². The summed E-state index contributed by atoms with van der Waals surface area (Å²) in [5.74, 6) is -0.785. The van der Waals surface area contributed by atoms with Crippen LogP contribution in [0.4, 0.5) is 18.9 Å². The Kier molecular flexibility index (Phi) is 8.17. The van der Waals surface area contributed by atoms with E-state index in [9.17, 15) is 23.2 Å². The van der Waals surface area contributed by atoms with E-state index < -0.39 is 22.7 Å². The summed E-state index contributed by atoms with van der Waals surface area (Å²) in [6.45, 7) is 2.54. The maximum absolute atomic E-state index is 13.1. The lowest BCUT2D eigenvalue weighted by atomic mass is 9.96. The van der Waals surface area contributed by atoms with E-state index in [1.807, 2.05) is 47.4 Å². The van der Waals surface area contributed by atoms with E-state index in [1.54, 1.807) is 0 Å². The Bertz CT molecular complexity index is 1260. The lowest BCUT2D eigenvalue weighted by Crippen LogP contribution is -2.46. The van der Waals surface area contributed by atoms with Gasteiger partial charge in [-0.3, -0.25) is 9.69 Å². The number of nitrogens with zero attached hydrogens (tertiary/aromatic N) is 3. The molecule has 0 unspecified atom stereocenters. The van der Waals surface area contributed by atoms with E-state index in [0.717, 1.165) is 12.1 Å². The average Bonchev–Trinajstić information content (AvgIpc) is 2.90. The molecule has 5 nitrogen and oxygen atoms in total. The third kappa shape index (κ3) is 6.50. The molecule has 1 N–H and O–H groups in total. The van der Waals surface area contributed by atoms with Crippen LogP contribution in [0.3, 0.4) is 0 Å². The van der Waals surface area contributed by atoms with Crippen molar-refractivity contribution in [3.63, 3.8) is 0 Å². The lowest BCUT2D eigenvalue weighted by Gasteiger charge is -2.39. The van der Waals surface area contributed by atoms with Gasteiger partial charge in [0.1, 0.15) is 11.6 Å². The molecule has 0 saturated carbocycles. The molecule has 1 heterocycles. The quantitative estimate of drug-likeness (QED) is 0.312. The van der Waals surface area contributed by atoms with Crippen LogP contribution in [-0.4, -0.2) is 41.9 Å². The number of benzene rings is 3. The first-order chi connectivity index (χ1) is 17.8. The molecular weight excluding hydrogens is 501 g/mol. The fraction of sp³-hybridized carbons (Fsp3) is 0.214. The summed E-state index contributed by atoms with van der Waals surface area (Å²) in [7, 11) is 0. The summed E-state index contributed by atoms with van der Waals surface area (Å²) in [6, 6.07) is 25.4. The zero-order chi connectivity index (χ0) is 26.4. The van der Waals surface area contributed by atoms with Crippen LogP contribution >= 0.6 is 11.6 Å². The van der Waals surface area contributed by atoms with Crippen LogP contribution in [0.5, 0.6) is 0 Å². The molecule has 3 aromatic rings. The molecule has 0 radical (unpaired) electrons. The van der Waals surface area contributed by atoms with Crippen molar-refractivity contribution in [2.75, 3.05) is 31.5 Å². The number of piperazine rings is 1. The Morgan fingerprint density at radius 3 is 2.03 bits per heavy atom. The topological polar surface area (TPSA) is 59.4 Å². The molecule has 0 aliphatic carbocycles. The van der Waals surface area contributed by atoms with Gasteiger partial charge in [0.15, 0.2) is 0 Å². The van der Waals surface area contributed by atoms with Crippen molar-refractivity contribution in [3.05, 3.63) is 112 Å². The van der Waals surface area contributed by atoms with Crippen LogP contribution in [0.15, 0.2) is 90.6 Å². The summed E-state index contributed by atoms with van der Waals surface area (Å²) < 4.78 is 39.4. The molecule has 0 atom stereocenters. The van der Waals surface area contributed by atoms with Gasteiger partial charge in [-0.2, -0.15) is 18.4 Å². The SMILES string of the molecule is N#C/C(=C/N1CCN(C(c2ccccc2)c2ccccc2)CC1)C(=O)Nc1ccc(Cl)c(C(F)(F)F)c1. The van der Waals surface area contributed by atoms with Crippen LogP contribution in [0.2, 0.25) is 5.02 Å². The molecule has 4 rings (SSSR count). The monoisotopic (exact) mass is 524 g/mol. The lowest BCUT2D eigenvalue weighted by molar-refractivity contribution is -0.137. The minimum atomic E-state index is -4.66. The van der Waals surface area contributed by atoms with Crippen molar-refractivity contribution >= 4 is 23.2 Å². The Morgan fingerprint density at radius 2 is 1.51 bits per heavy atom. The minimum absolute atomic E-state index is 0.0694. The summed E-state index contributed by atoms with van der Waals surface area (Å²) in [5.41, 5.74) is 1.00. The van der Waals surface area contributed by atoms with Gasteiger partial charge < -0.3 is 10.2 Å². The zero-order valence-corrected chi connectivity index (χ0v) is 20.5. The normalized spacial score (nSPS) is 14.9. The highest BCUT2D eigenvalue weighted by Gasteiger charge is 2.33. The number of rotatable bonds is 6. The smallest absolute Gasteiger partial charge is 0.374 e. The van der Waals surface area contributed by atoms with E-state index in [4.69, 9.17) is 11.6 Å². The number of anilines is 1. The standard InChI is InChI=1S/C28H24ClF3N4O/c29-25-12-11-23(17-24(25)28(30,31)32)34-27(37)22(18-33)19-35-13-15-36(16-14-35)26(20-7-3-1-4-8-20)21-9-5-2-6-10-21/h1-12,17,19,26H,13-16H2,(H,34,37)/b22-19-. The molecule has 0 aromatic heterocycles. The van der Waals surface area contributed by atoms with Crippen LogP contribution < -0.4 is 5.32 Å². The molecule has 1 fully saturated rings. The van der Waals surface area contributed by atoms with Gasteiger partial charge in [0.2, 0.25) is 0 Å². The van der Waals surface area contributed by atoms with Gasteiger partial charge in [0.05, 0.1) is 16.6 Å². The molecule has 0 spiro atoms. The van der Waals surface area contributed by atoms with Crippen LogP contribution in [0.25, 0.3) is 0 Å². The zero-order valence-electron chi connectivity index (χ0n) is 19.8. The highest BCUT2D eigenvalue weighted by Crippen LogP contribution is 2.36. The van der Waals surface area contributed by atoms with Crippen molar-refractivity contribution in [1.29, 1.82) is 5.26 Å². The highest BCUT2D eigenvalue weighted by atomic mass is 35.5. The molecule has 9 heteroatoms. The van der Waals surface area contributed by atoms with Gasteiger partial charge in [-0.15, -0.1) is 0 Å². The number of carbonyl (C=O) groups excluding carboxylic acids is 1.